The fourth-order valence-electron chi connectivity index (χ4n) is 1.94. The van der Waals surface area contributed by atoms with Gasteiger partial charge in [-0.2, -0.15) is 10.4 Å². The normalized spacial score (nSPS) is 10.1. The third-order valence-electron chi connectivity index (χ3n) is 3.31. The molecule has 0 bridgehead atoms. The van der Waals surface area contributed by atoms with Crippen LogP contribution in [0, 0.1) is 25.2 Å². The molecule has 1 N–H and O–H groups in total. The van der Waals surface area contributed by atoms with Crippen molar-refractivity contribution < 1.29 is 4.74 Å². The standard InChI is InChI=1S/C16H19N5O/c1-4-8-22-16-13(6-5-7-18-16)10-19-15-14(9-17)11(2)12(3)20-21-15/h5-7H,4,8,10H2,1-3H3,(H,19,21). The molecule has 2 aromatic heterocycles. The van der Waals surface area contributed by atoms with Crippen molar-refractivity contribution in [3.8, 4) is 11.9 Å². The number of anilines is 1. The monoisotopic (exact) mass is 297 g/mol. The molecule has 0 aliphatic heterocycles. The van der Waals surface area contributed by atoms with Crippen LogP contribution in [0.15, 0.2) is 18.3 Å². The lowest BCUT2D eigenvalue weighted by Gasteiger charge is -2.12. The smallest absolute Gasteiger partial charge is 0.218 e. The highest BCUT2D eigenvalue weighted by Crippen LogP contribution is 2.20. The van der Waals surface area contributed by atoms with E-state index in [1.54, 1.807) is 6.20 Å². The Balaban J connectivity index is 2.18. The molecule has 0 atom stereocenters. The summed E-state index contributed by atoms with van der Waals surface area (Å²) >= 11 is 0. The molecule has 0 aliphatic rings. The predicted octanol–water partition coefficient (Wildman–Crippen LogP) is 2.76. The topological polar surface area (TPSA) is 83.7 Å². The maximum Gasteiger partial charge on any atom is 0.218 e. The summed E-state index contributed by atoms with van der Waals surface area (Å²) in [6.07, 6.45) is 2.62. The third kappa shape index (κ3) is 3.50. The largest absolute Gasteiger partial charge is 0.477 e. The van der Waals surface area contributed by atoms with E-state index in [1.807, 2.05) is 32.9 Å². The second-order valence-electron chi connectivity index (χ2n) is 4.92. The Morgan fingerprint density at radius 3 is 2.86 bits per heavy atom. The van der Waals surface area contributed by atoms with Crippen LogP contribution in [-0.4, -0.2) is 21.8 Å². The lowest BCUT2D eigenvalue weighted by atomic mass is 10.1. The Labute approximate surface area is 130 Å². The van der Waals surface area contributed by atoms with Crippen molar-refractivity contribution >= 4 is 5.82 Å². The summed E-state index contributed by atoms with van der Waals surface area (Å²) in [7, 11) is 0. The van der Waals surface area contributed by atoms with E-state index < -0.39 is 0 Å². The van der Waals surface area contributed by atoms with Crippen LogP contribution < -0.4 is 10.1 Å². The van der Waals surface area contributed by atoms with Gasteiger partial charge >= 0.3 is 0 Å². The molecule has 2 rings (SSSR count). The van der Waals surface area contributed by atoms with Crippen molar-refractivity contribution in [2.45, 2.75) is 33.7 Å². The molecule has 0 saturated carbocycles. The first-order valence-electron chi connectivity index (χ1n) is 7.21. The van der Waals surface area contributed by atoms with Crippen LogP contribution in [0.25, 0.3) is 0 Å². The zero-order valence-electron chi connectivity index (χ0n) is 13.1. The van der Waals surface area contributed by atoms with Crippen LogP contribution in [0.2, 0.25) is 0 Å². The number of pyridine rings is 1. The Morgan fingerprint density at radius 2 is 2.14 bits per heavy atom. The Hall–Kier alpha value is -2.68. The minimum absolute atomic E-state index is 0.471. The van der Waals surface area contributed by atoms with Gasteiger partial charge in [0.15, 0.2) is 5.82 Å². The van der Waals surface area contributed by atoms with E-state index >= 15 is 0 Å². The van der Waals surface area contributed by atoms with Crippen LogP contribution in [0.3, 0.4) is 0 Å². The average Bonchev–Trinajstić information content (AvgIpc) is 2.54. The maximum absolute atomic E-state index is 9.30. The molecule has 0 spiro atoms. The summed E-state index contributed by atoms with van der Waals surface area (Å²) in [5.41, 5.74) is 3.04. The molecular weight excluding hydrogens is 278 g/mol. The number of rotatable bonds is 6. The van der Waals surface area contributed by atoms with Gasteiger partial charge < -0.3 is 10.1 Å². The van der Waals surface area contributed by atoms with Crippen LogP contribution in [0.1, 0.15) is 35.7 Å². The molecule has 0 unspecified atom stereocenters. The molecule has 0 radical (unpaired) electrons. The molecule has 22 heavy (non-hydrogen) atoms. The first-order chi connectivity index (χ1) is 10.7. The number of aromatic nitrogens is 3. The second-order valence-corrected chi connectivity index (χ2v) is 4.92. The van der Waals surface area contributed by atoms with Gasteiger partial charge in [-0.1, -0.05) is 13.0 Å². The summed E-state index contributed by atoms with van der Waals surface area (Å²) in [5.74, 6) is 1.09. The number of hydrogen-bond donors (Lipinski definition) is 1. The SMILES string of the molecule is CCCOc1ncccc1CNc1nnc(C)c(C)c1C#N. The van der Waals surface area contributed by atoms with E-state index in [0.717, 1.165) is 23.2 Å². The van der Waals surface area contributed by atoms with E-state index in [2.05, 4.69) is 26.6 Å². The lowest BCUT2D eigenvalue weighted by Crippen LogP contribution is -2.09. The first kappa shape index (κ1) is 15.7. The van der Waals surface area contributed by atoms with Gasteiger partial charge in [-0.3, -0.25) is 0 Å². The highest BCUT2D eigenvalue weighted by Gasteiger charge is 2.11. The van der Waals surface area contributed by atoms with Crippen molar-refractivity contribution in [2.24, 2.45) is 0 Å². The summed E-state index contributed by atoms with van der Waals surface area (Å²) in [5, 5.41) is 20.6. The zero-order chi connectivity index (χ0) is 15.9. The molecule has 114 valence electrons. The summed E-state index contributed by atoms with van der Waals surface area (Å²) in [4.78, 5) is 4.24. The van der Waals surface area contributed by atoms with E-state index in [1.165, 1.54) is 0 Å². The molecule has 0 aliphatic carbocycles. The summed E-state index contributed by atoms with van der Waals surface area (Å²) in [6, 6.07) is 5.97. The zero-order valence-corrected chi connectivity index (χ0v) is 13.1. The Bertz CT molecular complexity index is 693. The van der Waals surface area contributed by atoms with Gasteiger partial charge in [0.2, 0.25) is 5.88 Å². The maximum atomic E-state index is 9.30. The Kier molecular flexibility index (Phi) is 5.26. The van der Waals surface area contributed by atoms with Gasteiger partial charge in [0.1, 0.15) is 11.6 Å². The molecule has 0 amide bonds. The molecule has 0 fully saturated rings. The number of nitrogens with one attached hydrogen (secondary N) is 1. The number of ether oxygens (including phenoxy) is 1. The van der Waals surface area contributed by atoms with Crippen LogP contribution in [0.5, 0.6) is 5.88 Å². The van der Waals surface area contributed by atoms with Gasteiger partial charge in [0.25, 0.3) is 0 Å². The van der Waals surface area contributed by atoms with E-state index in [0.29, 0.717) is 30.4 Å². The highest BCUT2D eigenvalue weighted by molar-refractivity contribution is 5.56. The quantitative estimate of drug-likeness (QED) is 0.882. The number of nitrogens with zero attached hydrogens (tertiary/aromatic N) is 4. The van der Waals surface area contributed by atoms with Gasteiger partial charge in [0.05, 0.1) is 12.3 Å². The van der Waals surface area contributed by atoms with E-state index in [9.17, 15) is 5.26 Å². The van der Waals surface area contributed by atoms with Gasteiger partial charge in [-0.05, 0) is 31.9 Å². The van der Waals surface area contributed by atoms with Crippen LogP contribution in [0.4, 0.5) is 5.82 Å². The molecule has 2 aromatic rings. The highest BCUT2D eigenvalue weighted by atomic mass is 16.5. The van der Waals surface area contributed by atoms with E-state index in [4.69, 9.17) is 4.74 Å². The van der Waals surface area contributed by atoms with Gasteiger partial charge in [0, 0.05) is 18.3 Å². The molecule has 6 heteroatoms. The molecule has 0 aromatic carbocycles. The first-order valence-corrected chi connectivity index (χ1v) is 7.21. The lowest BCUT2D eigenvalue weighted by molar-refractivity contribution is 0.302. The van der Waals surface area contributed by atoms with E-state index in [-0.39, 0.29) is 0 Å². The minimum atomic E-state index is 0.471. The van der Waals surface area contributed by atoms with Crippen molar-refractivity contribution in [1.29, 1.82) is 5.26 Å². The van der Waals surface area contributed by atoms with Crippen molar-refractivity contribution in [3.05, 3.63) is 40.7 Å². The third-order valence-corrected chi connectivity index (χ3v) is 3.31. The molecular formula is C16H19N5O. The second kappa shape index (κ2) is 7.36. The molecule has 2 heterocycles. The minimum Gasteiger partial charge on any atom is -0.477 e. The number of hydrogen-bond acceptors (Lipinski definition) is 6. The summed E-state index contributed by atoms with van der Waals surface area (Å²) < 4.78 is 5.62. The van der Waals surface area contributed by atoms with Gasteiger partial charge in [-0.15, -0.1) is 5.10 Å². The molecule has 6 nitrogen and oxygen atoms in total. The fraction of sp³-hybridized carbons (Fsp3) is 0.375. The van der Waals surface area contributed by atoms with Gasteiger partial charge in [-0.25, -0.2) is 4.98 Å². The predicted molar refractivity (Wildman–Crippen MR) is 83.6 cm³/mol. The number of aryl methyl sites for hydroxylation is 1. The van der Waals surface area contributed by atoms with Crippen molar-refractivity contribution in [3.63, 3.8) is 0 Å². The van der Waals surface area contributed by atoms with Crippen molar-refractivity contribution in [1.82, 2.24) is 15.2 Å². The Morgan fingerprint density at radius 1 is 1.32 bits per heavy atom. The van der Waals surface area contributed by atoms with Crippen LogP contribution in [-0.2, 0) is 6.54 Å². The fourth-order valence-corrected chi connectivity index (χ4v) is 1.94. The van der Waals surface area contributed by atoms with Crippen molar-refractivity contribution in [2.75, 3.05) is 11.9 Å². The average molecular weight is 297 g/mol. The number of nitriles is 1. The molecule has 0 saturated heterocycles. The summed E-state index contributed by atoms with van der Waals surface area (Å²) in [6.45, 7) is 6.85. The van der Waals surface area contributed by atoms with Crippen LogP contribution >= 0.6 is 0 Å².